The van der Waals surface area contributed by atoms with Gasteiger partial charge in [0.25, 0.3) is 0 Å². The molecule has 2 atom stereocenters. The number of Topliss-reactive ketones (excluding diaryl/α,β-unsaturated/α-hetero) is 1. The summed E-state index contributed by atoms with van der Waals surface area (Å²) in [7, 11) is 0. The van der Waals surface area contributed by atoms with Gasteiger partial charge in [-0.05, 0) is 36.5 Å². The summed E-state index contributed by atoms with van der Waals surface area (Å²) >= 11 is 1.31. The van der Waals surface area contributed by atoms with Crippen molar-refractivity contribution >= 4 is 35.5 Å². The van der Waals surface area contributed by atoms with Crippen molar-refractivity contribution in [2.45, 2.75) is 57.6 Å². The van der Waals surface area contributed by atoms with Gasteiger partial charge in [-0.3, -0.25) is 14.4 Å². The van der Waals surface area contributed by atoms with Crippen LogP contribution >= 0.6 is 11.8 Å². The number of carbonyl (C=O) groups is 4. The van der Waals surface area contributed by atoms with Gasteiger partial charge in [-0.1, -0.05) is 44.2 Å². The molecule has 2 rings (SSSR count). The van der Waals surface area contributed by atoms with Gasteiger partial charge >= 0.3 is 12.1 Å². The molecule has 1 aromatic heterocycles. The van der Waals surface area contributed by atoms with Crippen LogP contribution in [0.25, 0.3) is 0 Å². The number of amides is 2. The number of alkyl carbamates (subject to hydrolysis) is 1. The van der Waals surface area contributed by atoms with Crippen molar-refractivity contribution in [1.82, 2.24) is 10.6 Å². The van der Waals surface area contributed by atoms with Gasteiger partial charge in [-0.25, -0.2) is 4.79 Å². The van der Waals surface area contributed by atoms with Gasteiger partial charge in [0.05, 0.1) is 23.8 Å². The predicted octanol–water partition coefficient (Wildman–Crippen LogP) is 3.77. The van der Waals surface area contributed by atoms with Crippen molar-refractivity contribution in [1.29, 1.82) is 0 Å². The Kier molecular flexibility index (Phi) is 11.9. The van der Waals surface area contributed by atoms with Crippen LogP contribution in [-0.2, 0) is 31.5 Å². The maximum absolute atomic E-state index is 13.0. The van der Waals surface area contributed by atoms with Crippen LogP contribution < -0.4 is 10.6 Å². The number of hydrogen-bond acceptors (Lipinski definition) is 7. The van der Waals surface area contributed by atoms with Crippen LogP contribution in [0, 0.1) is 5.92 Å². The smallest absolute Gasteiger partial charge is 0.408 e. The highest BCUT2D eigenvalue weighted by Crippen LogP contribution is 2.15. The molecule has 0 bridgehead atoms. The number of ether oxygens (including phenoxy) is 1. The summed E-state index contributed by atoms with van der Waals surface area (Å²) in [5.41, 5.74) is 0.805. The number of benzene rings is 1. The first-order valence-electron chi connectivity index (χ1n) is 11.4. The number of nitrogens with one attached hydrogen (secondary N) is 2. The van der Waals surface area contributed by atoms with Gasteiger partial charge in [0.1, 0.15) is 18.4 Å². The second-order valence-electron chi connectivity index (χ2n) is 8.42. The Balaban J connectivity index is 1.96. The second kappa shape index (κ2) is 14.9. The van der Waals surface area contributed by atoms with Gasteiger partial charge in [0.15, 0.2) is 5.78 Å². The quantitative estimate of drug-likeness (QED) is 0.334. The third-order valence-corrected chi connectivity index (χ3v) is 5.93. The minimum atomic E-state index is -1.07. The van der Waals surface area contributed by atoms with Crippen molar-refractivity contribution in [2.75, 3.05) is 5.75 Å². The molecule has 0 saturated heterocycles. The highest BCUT2D eigenvalue weighted by Gasteiger charge is 2.28. The highest BCUT2D eigenvalue weighted by atomic mass is 32.2. The number of thioether (sulfide) groups is 1. The van der Waals surface area contributed by atoms with E-state index in [4.69, 9.17) is 14.3 Å². The molecule has 3 N–H and O–H groups in total. The van der Waals surface area contributed by atoms with Crippen molar-refractivity contribution < 1.29 is 33.4 Å². The normalized spacial score (nSPS) is 12.5. The fraction of sp³-hybridized carbons (Fsp3) is 0.440. The van der Waals surface area contributed by atoms with Gasteiger partial charge in [-0.15, -0.1) is 11.8 Å². The summed E-state index contributed by atoms with van der Waals surface area (Å²) in [6, 6.07) is 10.8. The number of carbonyl (C=O) groups excluding carboxylic acids is 3. The Bertz CT molecular complexity index is 948. The number of rotatable bonds is 15. The number of carboxylic acid groups (broad SMARTS) is 1. The van der Waals surface area contributed by atoms with Gasteiger partial charge in [-0.2, -0.15) is 0 Å². The molecular formula is C25H32N2O7S. The van der Waals surface area contributed by atoms with Crippen LogP contribution in [0.1, 0.15) is 44.4 Å². The van der Waals surface area contributed by atoms with Crippen LogP contribution in [0.3, 0.4) is 0 Å². The Hall–Kier alpha value is -3.27. The molecule has 35 heavy (non-hydrogen) atoms. The van der Waals surface area contributed by atoms with Crippen LogP contribution in [0.2, 0.25) is 0 Å². The molecule has 2 unspecified atom stereocenters. The third kappa shape index (κ3) is 11.1. The number of ketones is 1. The summed E-state index contributed by atoms with van der Waals surface area (Å²) in [5.74, 6) is -0.598. The predicted molar refractivity (Wildman–Crippen MR) is 132 cm³/mol. The molecule has 0 fully saturated rings. The molecule has 0 aliphatic heterocycles. The summed E-state index contributed by atoms with van der Waals surface area (Å²) in [6.07, 6.45) is 0.784. The lowest BCUT2D eigenvalue weighted by atomic mass is 10.0. The van der Waals surface area contributed by atoms with Crippen LogP contribution in [-0.4, -0.2) is 46.7 Å². The lowest BCUT2D eigenvalue weighted by molar-refractivity contribution is -0.137. The number of carboxylic acids is 1. The topological polar surface area (TPSA) is 135 Å². The van der Waals surface area contributed by atoms with Crippen LogP contribution in [0.5, 0.6) is 0 Å². The van der Waals surface area contributed by atoms with E-state index in [0.29, 0.717) is 17.9 Å². The lowest BCUT2D eigenvalue weighted by Crippen LogP contribution is -2.52. The van der Waals surface area contributed by atoms with E-state index in [1.165, 1.54) is 11.8 Å². The highest BCUT2D eigenvalue weighted by molar-refractivity contribution is 7.99. The summed E-state index contributed by atoms with van der Waals surface area (Å²) in [4.78, 5) is 49.2. The molecule has 0 aliphatic rings. The number of hydrogen-bond donors (Lipinski definition) is 3. The van der Waals surface area contributed by atoms with Gasteiger partial charge < -0.3 is 24.9 Å². The van der Waals surface area contributed by atoms with Gasteiger partial charge in [0.2, 0.25) is 5.91 Å². The first kappa shape index (κ1) is 28.0. The molecule has 1 heterocycles. The standard InChI is InChI=1S/C25H32N2O7S/c1-17(2)13-21(27-25(32)34-14-18-7-4-3-5-8-18)24(31)26-20(10-11-23(29)30)22(28)16-35-15-19-9-6-12-33-19/h3-9,12,17,20-21H,10-11,13-16H2,1-2H3,(H,26,31)(H,27,32)(H,29,30). The van der Waals surface area contributed by atoms with E-state index in [1.807, 2.05) is 44.2 Å². The number of aliphatic carboxylic acids is 1. The first-order chi connectivity index (χ1) is 16.7. The van der Waals surface area contributed by atoms with E-state index in [2.05, 4.69) is 10.6 Å². The summed E-state index contributed by atoms with van der Waals surface area (Å²) in [6.45, 7) is 3.85. The zero-order chi connectivity index (χ0) is 25.6. The van der Waals surface area contributed by atoms with E-state index in [9.17, 15) is 19.2 Å². The van der Waals surface area contributed by atoms with E-state index >= 15 is 0 Å². The SMILES string of the molecule is CC(C)CC(NC(=O)OCc1ccccc1)C(=O)NC(CCC(=O)O)C(=O)CSCc1ccco1. The largest absolute Gasteiger partial charge is 0.481 e. The summed E-state index contributed by atoms with van der Waals surface area (Å²) < 4.78 is 10.5. The Morgan fingerprint density at radius 3 is 2.40 bits per heavy atom. The fourth-order valence-electron chi connectivity index (χ4n) is 3.21. The van der Waals surface area contributed by atoms with E-state index in [-0.39, 0.29) is 36.9 Å². The molecule has 0 saturated carbocycles. The van der Waals surface area contributed by atoms with E-state index in [1.54, 1.807) is 18.4 Å². The van der Waals surface area contributed by atoms with Crippen molar-refractivity contribution in [3.63, 3.8) is 0 Å². The minimum absolute atomic E-state index is 0.0475. The zero-order valence-electron chi connectivity index (χ0n) is 19.9. The Morgan fingerprint density at radius 1 is 1.03 bits per heavy atom. The van der Waals surface area contributed by atoms with Crippen molar-refractivity contribution in [3.05, 3.63) is 60.1 Å². The lowest BCUT2D eigenvalue weighted by Gasteiger charge is -2.23. The molecular weight excluding hydrogens is 472 g/mol. The van der Waals surface area contributed by atoms with Crippen molar-refractivity contribution in [3.8, 4) is 0 Å². The molecule has 0 aliphatic carbocycles. The maximum Gasteiger partial charge on any atom is 0.408 e. The molecule has 9 nitrogen and oxygen atoms in total. The van der Waals surface area contributed by atoms with Gasteiger partial charge in [0, 0.05) is 6.42 Å². The molecule has 2 aromatic rings. The molecule has 2 amide bonds. The second-order valence-corrected chi connectivity index (χ2v) is 9.41. The monoisotopic (exact) mass is 504 g/mol. The molecule has 1 aromatic carbocycles. The molecule has 190 valence electrons. The van der Waals surface area contributed by atoms with Crippen molar-refractivity contribution in [2.24, 2.45) is 5.92 Å². The fourth-order valence-corrected chi connectivity index (χ4v) is 4.08. The summed E-state index contributed by atoms with van der Waals surface area (Å²) in [5, 5.41) is 14.3. The van der Waals surface area contributed by atoms with E-state index < -0.39 is 30.1 Å². The van der Waals surface area contributed by atoms with Crippen LogP contribution in [0.4, 0.5) is 4.79 Å². The minimum Gasteiger partial charge on any atom is -0.481 e. The maximum atomic E-state index is 13.0. The number of furan rings is 1. The van der Waals surface area contributed by atoms with E-state index in [0.717, 1.165) is 5.56 Å². The zero-order valence-corrected chi connectivity index (χ0v) is 20.7. The average molecular weight is 505 g/mol. The average Bonchev–Trinajstić information content (AvgIpc) is 3.33. The first-order valence-corrected chi connectivity index (χ1v) is 12.5. The van der Waals surface area contributed by atoms with Crippen LogP contribution in [0.15, 0.2) is 53.1 Å². The molecule has 10 heteroatoms. The Morgan fingerprint density at radius 2 is 1.77 bits per heavy atom. The Labute approximate surface area is 209 Å². The molecule has 0 radical (unpaired) electrons. The third-order valence-electron chi connectivity index (χ3n) is 4.95. The molecule has 0 spiro atoms.